The van der Waals surface area contributed by atoms with Gasteiger partial charge in [0.05, 0.1) is 0 Å². The van der Waals surface area contributed by atoms with E-state index in [0.29, 0.717) is 6.04 Å². The minimum absolute atomic E-state index is 0.206. The second-order valence-electron chi connectivity index (χ2n) is 7.05. The van der Waals surface area contributed by atoms with Crippen LogP contribution in [0.1, 0.15) is 56.0 Å². The molecule has 1 N–H and O–H groups in total. The zero-order chi connectivity index (χ0) is 15.6. The second kappa shape index (κ2) is 5.93. The van der Waals surface area contributed by atoms with Crippen LogP contribution < -0.4 is 5.32 Å². The van der Waals surface area contributed by atoms with E-state index in [-0.39, 0.29) is 5.41 Å². The van der Waals surface area contributed by atoms with Gasteiger partial charge >= 0.3 is 0 Å². The van der Waals surface area contributed by atoms with Gasteiger partial charge in [0.15, 0.2) is 0 Å². The number of aryl methyl sites for hydroxylation is 2. The zero-order valence-corrected chi connectivity index (χ0v) is 14.1. The summed E-state index contributed by atoms with van der Waals surface area (Å²) in [7, 11) is 0. The Hall–Kier alpha value is -1.76. The Kier molecular flexibility index (Phi) is 4.41. The molecule has 0 aliphatic rings. The van der Waals surface area contributed by atoms with Crippen molar-refractivity contribution in [2.45, 2.75) is 53.0 Å². The Labute approximate surface area is 129 Å². The SMILES string of the molecule is Cc1ccc(C)c(C(C)Nc2ccc(C(C)(C)C)cc2)c1. The minimum Gasteiger partial charge on any atom is -0.379 e. The fraction of sp³-hybridized carbons (Fsp3) is 0.400. The molecule has 0 spiro atoms. The van der Waals surface area contributed by atoms with Gasteiger partial charge < -0.3 is 5.32 Å². The van der Waals surface area contributed by atoms with Crippen LogP contribution in [0, 0.1) is 13.8 Å². The van der Waals surface area contributed by atoms with Crippen LogP contribution in [0.3, 0.4) is 0 Å². The van der Waals surface area contributed by atoms with Gasteiger partial charge in [-0.1, -0.05) is 56.7 Å². The predicted octanol–water partition coefficient (Wildman–Crippen LogP) is 5.77. The molecule has 0 bridgehead atoms. The highest BCUT2D eigenvalue weighted by Crippen LogP contribution is 2.26. The molecule has 2 aromatic rings. The van der Waals surface area contributed by atoms with Crippen LogP contribution >= 0.6 is 0 Å². The van der Waals surface area contributed by atoms with E-state index in [1.54, 1.807) is 0 Å². The van der Waals surface area contributed by atoms with E-state index in [0.717, 1.165) is 0 Å². The van der Waals surface area contributed by atoms with Gasteiger partial charge in [0.1, 0.15) is 0 Å². The number of benzene rings is 2. The summed E-state index contributed by atoms with van der Waals surface area (Å²) in [5, 5.41) is 3.60. The highest BCUT2D eigenvalue weighted by atomic mass is 14.9. The standard InChI is InChI=1S/C20H27N/c1-14-7-8-15(2)19(13-14)16(3)21-18-11-9-17(10-12-18)20(4,5)6/h7-13,16,21H,1-6H3. The van der Waals surface area contributed by atoms with E-state index in [1.165, 1.54) is 27.9 Å². The smallest absolute Gasteiger partial charge is 0.0488 e. The Morgan fingerprint density at radius 2 is 1.52 bits per heavy atom. The molecule has 0 saturated heterocycles. The second-order valence-corrected chi connectivity index (χ2v) is 7.05. The molecule has 2 rings (SSSR count). The molecule has 0 fully saturated rings. The maximum Gasteiger partial charge on any atom is 0.0488 e. The summed E-state index contributed by atoms with van der Waals surface area (Å²) in [5.41, 5.74) is 6.77. The number of rotatable bonds is 3. The van der Waals surface area contributed by atoms with E-state index < -0.39 is 0 Å². The lowest BCUT2D eigenvalue weighted by Gasteiger charge is -2.21. The van der Waals surface area contributed by atoms with E-state index in [4.69, 9.17) is 0 Å². The average Bonchev–Trinajstić information content (AvgIpc) is 2.41. The van der Waals surface area contributed by atoms with Crippen molar-refractivity contribution in [2.75, 3.05) is 5.32 Å². The van der Waals surface area contributed by atoms with Crippen LogP contribution in [0.2, 0.25) is 0 Å². The maximum atomic E-state index is 3.60. The summed E-state index contributed by atoms with van der Waals surface area (Å²) in [5.74, 6) is 0. The molecule has 0 radical (unpaired) electrons. The van der Waals surface area contributed by atoms with Gasteiger partial charge in [-0.2, -0.15) is 0 Å². The Morgan fingerprint density at radius 1 is 0.905 bits per heavy atom. The van der Waals surface area contributed by atoms with Gasteiger partial charge in [-0.3, -0.25) is 0 Å². The summed E-state index contributed by atoms with van der Waals surface area (Å²) >= 11 is 0. The lowest BCUT2D eigenvalue weighted by molar-refractivity contribution is 0.590. The molecule has 0 saturated carbocycles. The first-order valence-corrected chi connectivity index (χ1v) is 7.71. The van der Waals surface area contributed by atoms with Crippen LogP contribution in [0.25, 0.3) is 0 Å². The van der Waals surface area contributed by atoms with Gasteiger partial charge in [-0.05, 0) is 55.0 Å². The number of hydrogen-bond donors (Lipinski definition) is 1. The lowest BCUT2D eigenvalue weighted by Crippen LogP contribution is -2.12. The molecule has 0 aliphatic carbocycles. The van der Waals surface area contributed by atoms with Crippen LogP contribution in [0.5, 0.6) is 0 Å². The fourth-order valence-corrected chi connectivity index (χ4v) is 2.62. The van der Waals surface area contributed by atoms with E-state index in [9.17, 15) is 0 Å². The summed E-state index contributed by atoms with van der Waals surface area (Å²) in [6.45, 7) is 13.3. The van der Waals surface area contributed by atoms with Crippen molar-refractivity contribution in [2.24, 2.45) is 0 Å². The van der Waals surface area contributed by atoms with E-state index in [1.807, 2.05) is 0 Å². The van der Waals surface area contributed by atoms with Gasteiger partial charge in [0.2, 0.25) is 0 Å². The third-order valence-electron chi connectivity index (χ3n) is 4.04. The van der Waals surface area contributed by atoms with E-state index >= 15 is 0 Å². The molecule has 21 heavy (non-hydrogen) atoms. The molecule has 1 unspecified atom stereocenters. The first-order chi connectivity index (χ1) is 9.77. The van der Waals surface area contributed by atoms with Crippen molar-refractivity contribution < 1.29 is 0 Å². The van der Waals surface area contributed by atoms with E-state index in [2.05, 4.69) is 89.3 Å². The largest absolute Gasteiger partial charge is 0.379 e. The van der Waals surface area contributed by atoms with Crippen LogP contribution in [-0.2, 0) is 5.41 Å². The van der Waals surface area contributed by atoms with Gasteiger partial charge in [-0.25, -0.2) is 0 Å². The van der Waals surface area contributed by atoms with Gasteiger partial charge in [0.25, 0.3) is 0 Å². The first kappa shape index (κ1) is 15.6. The highest BCUT2D eigenvalue weighted by molar-refractivity contribution is 5.48. The molecular weight excluding hydrogens is 254 g/mol. The lowest BCUT2D eigenvalue weighted by atomic mass is 9.87. The molecule has 1 heteroatoms. The molecule has 0 heterocycles. The minimum atomic E-state index is 0.206. The van der Waals surface area contributed by atoms with Crippen LogP contribution in [0.15, 0.2) is 42.5 Å². The molecule has 2 aromatic carbocycles. The molecule has 112 valence electrons. The molecule has 1 nitrogen and oxygen atoms in total. The summed E-state index contributed by atoms with van der Waals surface area (Å²) in [6, 6.07) is 15.8. The summed E-state index contributed by atoms with van der Waals surface area (Å²) < 4.78 is 0. The number of anilines is 1. The third-order valence-corrected chi connectivity index (χ3v) is 4.04. The van der Waals surface area contributed by atoms with Crippen molar-refractivity contribution in [3.8, 4) is 0 Å². The van der Waals surface area contributed by atoms with Gasteiger partial charge in [-0.15, -0.1) is 0 Å². The summed E-state index contributed by atoms with van der Waals surface area (Å²) in [4.78, 5) is 0. The monoisotopic (exact) mass is 281 g/mol. The number of hydrogen-bond acceptors (Lipinski definition) is 1. The topological polar surface area (TPSA) is 12.0 Å². The van der Waals surface area contributed by atoms with Crippen LogP contribution in [0.4, 0.5) is 5.69 Å². The quantitative estimate of drug-likeness (QED) is 0.752. The normalized spacial score (nSPS) is 13.0. The summed E-state index contributed by atoms with van der Waals surface area (Å²) in [6.07, 6.45) is 0. The Morgan fingerprint density at radius 3 is 2.10 bits per heavy atom. The predicted molar refractivity (Wildman–Crippen MR) is 93.1 cm³/mol. The maximum absolute atomic E-state index is 3.60. The third kappa shape index (κ3) is 3.87. The van der Waals surface area contributed by atoms with Crippen molar-refractivity contribution in [3.05, 3.63) is 64.7 Å². The Balaban J connectivity index is 2.16. The molecule has 0 aliphatic heterocycles. The van der Waals surface area contributed by atoms with Gasteiger partial charge in [0, 0.05) is 11.7 Å². The van der Waals surface area contributed by atoms with Crippen LogP contribution in [-0.4, -0.2) is 0 Å². The first-order valence-electron chi connectivity index (χ1n) is 7.71. The number of nitrogens with one attached hydrogen (secondary N) is 1. The Bertz CT molecular complexity index is 603. The average molecular weight is 281 g/mol. The van der Waals surface area contributed by atoms with Crippen molar-refractivity contribution >= 4 is 5.69 Å². The molecular formula is C20H27N. The molecule has 0 amide bonds. The van der Waals surface area contributed by atoms with Crippen molar-refractivity contribution in [3.63, 3.8) is 0 Å². The zero-order valence-electron chi connectivity index (χ0n) is 14.1. The molecule has 0 aromatic heterocycles. The molecule has 1 atom stereocenters. The highest BCUT2D eigenvalue weighted by Gasteiger charge is 2.13. The van der Waals surface area contributed by atoms with Crippen molar-refractivity contribution in [1.29, 1.82) is 0 Å². The van der Waals surface area contributed by atoms with Crippen molar-refractivity contribution in [1.82, 2.24) is 0 Å². The fourth-order valence-electron chi connectivity index (χ4n) is 2.62.